The third-order valence-corrected chi connectivity index (χ3v) is 6.79. The average molecular weight is 539 g/mol. The summed E-state index contributed by atoms with van der Waals surface area (Å²) >= 11 is 1.15. The van der Waals surface area contributed by atoms with Crippen LogP contribution in [0.2, 0.25) is 0 Å². The quantitative estimate of drug-likeness (QED) is 0.417. The second-order valence-corrected chi connectivity index (χ2v) is 9.58. The molecule has 0 radical (unpaired) electrons. The topological polar surface area (TPSA) is 108 Å². The molecule has 5 rings (SSSR count). The zero-order valence-corrected chi connectivity index (χ0v) is 20.1. The van der Waals surface area contributed by atoms with Crippen molar-refractivity contribution in [3.63, 3.8) is 0 Å². The maximum absolute atomic E-state index is 13.2. The summed E-state index contributed by atoms with van der Waals surface area (Å²) in [7, 11) is 0. The second-order valence-electron chi connectivity index (χ2n) is 8.60. The van der Waals surface area contributed by atoms with Gasteiger partial charge in [-0.1, -0.05) is 23.5 Å². The molecule has 2 aliphatic heterocycles. The van der Waals surface area contributed by atoms with E-state index in [-0.39, 0.29) is 16.9 Å². The van der Waals surface area contributed by atoms with Gasteiger partial charge in [-0.3, -0.25) is 15.0 Å². The SMILES string of the molecule is O=C(Nc1nnc(N[C@@H]2CCN(c3ccc(F)nn3)C2)s1)[C@@H](c1cccc(OC(F)(F)F)c1)N1CCC1. The van der Waals surface area contributed by atoms with Crippen LogP contribution in [0.25, 0.3) is 0 Å². The van der Waals surface area contributed by atoms with Crippen molar-refractivity contribution in [1.29, 1.82) is 0 Å². The van der Waals surface area contributed by atoms with Crippen LogP contribution in [0.1, 0.15) is 24.4 Å². The number of rotatable bonds is 8. The second kappa shape index (κ2) is 10.4. The van der Waals surface area contributed by atoms with Crippen molar-refractivity contribution >= 4 is 33.3 Å². The van der Waals surface area contributed by atoms with Gasteiger partial charge in [-0.15, -0.1) is 33.6 Å². The molecule has 2 fully saturated rings. The molecular weight excluding hydrogens is 516 g/mol. The number of hydrogen-bond acceptors (Lipinski definition) is 10. The summed E-state index contributed by atoms with van der Waals surface area (Å²) in [5.74, 6) is -0.867. The van der Waals surface area contributed by atoms with Crippen LogP contribution in [-0.4, -0.2) is 69.8 Å². The van der Waals surface area contributed by atoms with Gasteiger partial charge in [-0.2, -0.15) is 4.39 Å². The Bertz CT molecular complexity index is 1240. The van der Waals surface area contributed by atoms with Gasteiger partial charge in [0.1, 0.15) is 11.8 Å². The molecule has 196 valence electrons. The van der Waals surface area contributed by atoms with Gasteiger partial charge in [-0.25, -0.2) is 0 Å². The highest BCUT2D eigenvalue weighted by atomic mass is 32.1. The highest BCUT2D eigenvalue weighted by molar-refractivity contribution is 7.19. The molecule has 1 amide bonds. The number of carbonyl (C=O) groups excluding carboxylic acids is 1. The maximum Gasteiger partial charge on any atom is 0.573 e. The number of ether oxygens (including phenoxy) is 1. The predicted octanol–water partition coefficient (Wildman–Crippen LogP) is 3.44. The third-order valence-electron chi connectivity index (χ3n) is 6.02. The standard InChI is InChI=1S/C22H22F4N8O2S/c23-16-5-6-17(30-29-16)34-10-7-14(12-34)27-20-31-32-21(37-20)28-19(35)18(33-8-2-9-33)13-3-1-4-15(11-13)36-22(24,25)26/h1,3-6,11,14,18H,2,7-10,12H2,(H,27,31)(H,28,32,35)/t14-,18-/m1/s1. The minimum absolute atomic E-state index is 0.0357. The van der Waals surface area contributed by atoms with Gasteiger partial charge in [0.25, 0.3) is 0 Å². The lowest BCUT2D eigenvalue weighted by Gasteiger charge is -2.37. The van der Waals surface area contributed by atoms with Crippen LogP contribution in [0.5, 0.6) is 5.75 Å². The highest BCUT2D eigenvalue weighted by Crippen LogP contribution is 2.32. The molecule has 1 aromatic carbocycles. The van der Waals surface area contributed by atoms with E-state index in [0.29, 0.717) is 42.7 Å². The van der Waals surface area contributed by atoms with Crippen LogP contribution in [0, 0.1) is 5.95 Å². The summed E-state index contributed by atoms with van der Waals surface area (Å²) in [6.07, 6.45) is -3.16. The summed E-state index contributed by atoms with van der Waals surface area (Å²) < 4.78 is 55.1. The summed E-state index contributed by atoms with van der Waals surface area (Å²) in [4.78, 5) is 17.0. The average Bonchev–Trinajstić information content (AvgIpc) is 3.45. The molecule has 2 atom stereocenters. The molecule has 0 unspecified atom stereocenters. The summed E-state index contributed by atoms with van der Waals surface area (Å²) in [5.41, 5.74) is 0.386. The zero-order chi connectivity index (χ0) is 26.0. The largest absolute Gasteiger partial charge is 0.573 e. The Morgan fingerprint density at radius 1 is 1.08 bits per heavy atom. The Hall–Kier alpha value is -3.59. The van der Waals surface area contributed by atoms with E-state index in [2.05, 4.69) is 35.8 Å². The molecule has 2 aliphatic rings. The lowest BCUT2D eigenvalue weighted by atomic mass is 10.0. The number of halogens is 4. The van der Waals surface area contributed by atoms with Gasteiger partial charge in [0.15, 0.2) is 5.82 Å². The minimum Gasteiger partial charge on any atom is -0.406 e. The molecule has 0 aliphatic carbocycles. The van der Waals surface area contributed by atoms with Crippen LogP contribution < -0.4 is 20.3 Å². The molecule has 0 spiro atoms. The van der Waals surface area contributed by atoms with E-state index in [1.165, 1.54) is 24.3 Å². The number of anilines is 3. The van der Waals surface area contributed by atoms with Crippen molar-refractivity contribution in [3.8, 4) is 5.75 Å². The number of alkyl halides is 3. The number of likely N-dealkylation sites (tertiary alicyclic amines) is 1. The monoisotopic (exact) mass is 538 g/mol. The van der Waals surface area contributed by atoms with E-state index >= 15 is 0 Å². The molecule has 2 aromatic heterocycles. The van der Waals surface area contributed by atoms with Gasteiger partial charge in [0.2, 0.25) is 22.1 Å². The molecule has 0 bridgehead atoms. The first kappa shape index (κ1) is 25.1. The molecule has 10 nitrogen and oxygen atoms in total. The number of hydrogen-bond donors (Lipinski definition) is 2. The molecule has 0 saturated carbocycles. The summed E-state index contributed by atoms with van der Waals surface area (Å²) in [6, 6.07) is 7.50. The lowest BCUT2D eigenvalue weighted by Crippen LogP contribution is -2.45. The van der Waals surface area contributed by atoms with Crippen LogP contribution in [0.3, 0.4) is 0 Å². The van der Waals surface area contributed by atoms with E-state index in [4.69, 9.17) is 0 Å². The van der Waals surface area contributed by atoms with E-state index in [9.17, 15) is 22.4 Å². The Balaban J connectivity index is 1.22. The van der Waals surface area contributed by atoms with Gasteiger partial charge in [0, 0.05) is 32.2 Å². The first-order chi connectivity index (χ1) is 17.7. The Labute approximate surface area is 212 Å². The minimum atomic E-state index is -4.83. The van der Waals surface area contributed by atoms with Crippen molar-refractivity contribution in [2.45, 2.75) is 31.3 Å². The molecule has 4 heterocycles. The first-order valence-corrected chi connectivity index (χ1v) is 12.3. The predicted molar refractivity (Wildman–Crippen MR) is 127 cm³/mol. The molecular formula is C22H22F4N8O2S. The number of aromatic nitrogens is 4. The van der Waals surface area contributed by atoms with Crippen molar-refractivity contribution in [3.05, 3.63) is 47.9 Å². The maximum atomic E-state index is 13.2. The number of nitrogens with one attached hydrogen (secondary N) is 2. The summed E-state index contributed by atoms with van der Waals surface area (Å²) in [6.45, 7) is 2.59. The molecule has 3 aromatic rings. The third kappa shape index (κ3) is 6.22. The molecule has 2 saturated heterocycles. The highest BCUT2D eigenvalue weighted by Gasteiger charge is 2.34. The van der Waals surface area contributed by atoms with Crippen LogP contribution in [-0.2, 0) is 4.79 Å². The fraction of sp³-hybridized carbons (Fsp3) is 0.409. The molecule has 2 N–H and O–H groups in total. The van der Waals surface area contributed by atoms with E-state index in [1.54, 1.807) is 12.1 Å². The number of carbonyl (C=O) groups is 1. The first-order valence-electron chi connectivity index (χ1n) is 11.5. The van der Waals surface area contributed by atoms with Gasteiger partial charge < -0.3 is 15.0 Å². The smallest absolute Gasteiger partial charge is 0.406 e. The van der Waals surface area contributed by atoms with Gasteiger partial charge in [0.05, 0.1) is 0 Å². The van der Waals surface area contributed by atoms with Gasteiger partial charge >= 0.3 is 6.36 Å². The number of nitrogens with zero attached hydrogens (tertiary/aromatic N) is 6. The van der Waals surface area contributed by atoms with Crippen molar-refractivity contribution in [1.82, 2.24) is 25.3 Å². The van der Waals surface area contributed by atoms with Crippen molar-refractivity contribution < 1.29 is 27.1 Å². The molecule has 37 heavy (non-hydrogen) atoms. The van der Waals surface area contributed by atoms with Gasteiger partial charge in [-0.05, 0) is 42.7 Å². The summed E-state index contributed by atoms with van der Waals surface area (Å²) in [5, 5.41) is 22.2. The molecule has 15 heteroatoms. The zero-order valence-electron chi connectivity index (χ0n) is 19.3. The number of benzene rings is 1. The van der Waals surface area contributed by atoms with Crippen molar-refractivity contribution in [2.75, 3.05) is 41.7 Å². The lowest BCUT2D eigenvalue weighted by molar-refractivity contribution is -0.274. The van der Waals surface area contributed by atoms with E-state index < -0.39 is 24.3 Å². The Kier molecular flexibility index (Phi) is 7.06. The Morgan fingerprint density at radius 2 is 1.89 bits per heavy atom. The fourth-order valence-electron chi connectivity index (χ4n) is 4.25. The number of amides is 1. The van der Waals surface area contributed by atoms with E-state index in [1.807, 2.05) is 9.80 Å². The fourth-order valence-corrected chi connectivity index (χ4v) is 4.98. The van der Waals surface area contributed by atoms with Crippen molar-refractivity contribution in [2.24, 2.45) is 0 Å². The van der Waals surface area contributed by atoms with Crippen LogP contribution in [0.4, 0.5) is 33.6 Å². The normalized spacial score (nSPS) is 18.8. The van der Waals surface area contributed by atoms with Crippen LogP contribution >= 0.6 is 11.3 Å². The van der Waals surface area contributed by atoms with E-state index in [0.717, 1.165) is 24.2 Å². The van der Waals surface area contributed by atoms with Crippen LogP contribution in [0.15, 0.2) is 36.4 Å². The Morgan fingerprint density at radius 3 is 2.59 bits per heavy atom.